The van der Waals surface area contributed by atoms with Crippen molar-refractivity contribution >= 4 is 46.3 Å². The Morgan fingerprint density at radius 2 is 1.78 bits per heavy atom. The van der Waals surface area contributed by atoms with Crippen molar-refractivity contribution in [3.8, 4) is 0 Å². The van der Waals surface area contributed by atoms with Gasteiger partial charge in [0.15, 0.2) is 0 Å². The molecule has 3 aromatic rings. The van der Waals surface area contributed by atoms with E-state index in [1.54, 1.807) is 32.0 Å². The lowest BCUT2D eigenvalue weighted by atomic mass is 10.1. The van der Waals surface area contributed by atoms with Gasteiger partial charge in [0.05, 0.1) is 17.9 Å². The zero-order valence-corrected chi connectivity index (χ0v) is 19.0. The van der Waals surface area contributed by atoms with Crippen molar-refractivity contribution in [2.45, 2.75) is 32.6 Å². The van der Waals surface area contributed by atoms with E-state index < -0.39 is 17.2 Å². The van der Waals surface area contributed by atoms with Gasteiger partial charge in [0.2, 0.25) is 11.7 Å². The fourth-order valence-corrected chi connectivity index (χ4v) is 3.64. The van der Waals surface area contributed by atoms with E-state index in [-0.39, 0.29) is 30.6 Å². The van der Waals surface area contributed by atoms with Crippen molar-refractivity contribution in [3.63, 3.8) is 0 Å². The fraction of sp³-hybridized carbons (Fsp3) is 0.292. The Morgan fingerprint density at radius 3 is 2.50 bits per heavy atom. The van der Waals surface area contributed by atoms with Gasteiger partial charge >= 0.3 is 11.9 Å². The number of rotatable bonds is 9. The van der Waals surface area contributed by atoms with Gasteiger partial charge in [-0.1, -0.05) is 35.9 Å². The lowest BCUT2D eigenvalue weighted by Gasteiger charge is -2.12. The summed E-state index contributed by atoms with van der Waals surface area (Å²) in [5.74, 6) is -1.17. The molecule has 0 unspecified atom stereocenters. The zero-order chi connectivity index (χ0) is 23.1. The maximum absolute atomic E-state index is 12.5. The first-order valence-electron chi connectivity index (χ1n) is 10.2. The highest BCUT2D eigenvalue weighted by Crippen LogP contribution is 2.28. The second kappa shape index (κ2) is 10.9. The number of esters is 2. The standard InChI is InChI=1S/C24H25NO6S/c1-4-29-24(28)22-19(18-7-5-6-8-20(18)31-22)13-30-23(27)16(3)32-14-21(26)25-17-11-9-15(2)10-12-17/h5-12,16H,4,13-14H2,1-3H3,(H,25,26)/t16-/m1/s1. The Morgan fingerprint density at radius 1 is 1.06 bits per heavy atom. The number of para-hydroxylation sites is 1. The van der Waals surface area contributed by atoms with Gasteiger partial charge in [-0.25, -0.2) is 4.79 Å². The molecule has 0 saturated carbocycles. The first kappa shape index (κ1) is 23.4. The van der Waals surface area contributed by atoms with E-state index in [9.17, 15) is 14.4 Å². The van der Waals surface area contributed by atoms with Gasteiger partial charge in [-0.05, 0) is 39.0 Å². The number of aryl methyl sites for hydroxylation is 1. The number of furan rings is 1. The number of hydrogen-bond acceptors (Lipinski definition) is 7. The molecule has 1 aromatic heterocycles. The molecule has 8 heteroatoms. The third-order valence-corrected chi connectivity index (χ3v) is 5.77. The highest BCUT2D eigenvalue weighted by molar-refractivity contribution is 8.01. The number of nitrogens with one attached hydrogen (secondary N) is 1. The molecule has 0 aliphatic heterocycles. The largest absolute Gasteiger partial charge is 0.460 e. The summed E-state index contributed by atoms with van der Waals surface area (Å²) in [6, 6.07) is 14.6. The lowest BCUT2D eigenvalue weighted by molar-refractivity contribution is -0.143. The van der Waals surface area contributed by atoms with Crippen LogP contribution in [0, 0.1) is 6.92 Å². The second-order valence-corrected chi connectivity index (χ2v) is 8.43. The third kappa shape index (κ3) is 5.91. The Kier molecular flexibility index (Phi) is 7.94. The van der Waals surface area contributed by atoms with E-state index in [0.29, 0.717) is 22.2 Å². The summed E-state index contributed by atoms with van der Waals surface area (Å²) in [5.41, 5.74) is 2.78. The molecule has 0 bridgehead atoms. The molecule has 0 aliphatic carbocycles. The third-order valence-electron chi connectivity index (χ3n) is 4.65. The van der Waals surface area contributed by atoms with Crippen LogP contribution >= 0.6 is 11.8 Å². The van der Waals surface area contributed by atoms with Crippen molar-refractivity contribution in [2.75, 3.05) is 17.7 Å². The highest BCUT2D eigenvalue weighted by Gasteiger charge is 2.24. The highest BCUT2D eigenvalue weighted by atomic mass is 32.2. The molecule has 1 amide bonds. The molecule has 1 N–H and O–H groups in total. The predicted molar refractivity (Wildman–Crippen MR) is 124 cm³/mol. The molecule has 2 aromatic carbocycles. The fourth-order valence-electron chi connectivity index (χ4n) is 2.97. The molecule has 0 radical (unpaired) electrons. The molecule has 0 spiro atoms. The van der Waals surface area contributed by atoms with Crippen LogP contribution in [0.2, 0.25) is 0 Å². The number of ether oxygens (including phenoxy) is 2. The zero-order valence-electron chi connectivity index (χ0n) is 18.2. The van der Waals surface area contributed by atoms with E-state index in [2.05, 4.69) is 5.32 Å². The molecule has 0 aliphatic rings. The van der Waals surface area contributed by atoms with Crippen molar-refractivity contribution in [3.05, 3.63) is 65.4 Å². The Labute approximate surface area is 190 Å². The maximum Gasteiger partial charge on any atom is 0.374 e. The first-order chi connectivity index (χ1) is 15.4. The molecule has 3 rings (SSSR count). The van der Waals surface area contributed by atoms with Crippen molar-refractivity contribution < 1.29 is 28.3 Å². The van der Waals surface area contributed by atoms with Crippen molar-refractivity contribution in [2.24, 2.45) is 0 Å². The van der Waals surface area contributed by atoms with Crippen LogP contribution in [-0.2, 0) is 25.7 Å². The number of fused-ring (bicyclic) bond motifs is 1. The number of carbonyl (C=O) groups is 3. The number of amides is 1. The van der Waals surface area contributed by atoms with E-state index >= 15 is 0 Å². The molecule has 1 heterocycles. The summed E-state index contributed by atoms with van der Waals surface area (Å²) >= 11 is 1.17. The Hall–Kier alpha value is -3.26. The van der Waals surface area contributed by atoms with Crippen LogP contribution in [-0.4, -0.2) is 35.5 Å². The van der Waals surface area contributed by atoms with Crippen LogP contribution in [0.25, 0.3) is 11.0 Å². The quantitative estimate of drug-likeness (QED) is 0.467. The number of carbonyl (C=O) groups excluding carboxylic acids is 3. The molecule has 0 saturated heterocycles. The van der Waals surface area contributed by atoms with E-state index in [1.807, 2.05) is 37.3 Å². The molecule has 7 nitrogen and oxygen atoms in total. The van der Waals surface area contributed by atoms with Gasteiger partial charge in [-0.3, -0.25) is 9.59 Å². The van der Waals surface area contributed by atoms with Gasteiger partial charge in [0, 0.05) is 11.1 Å². The average molecular weight is 456 g/mol. The van der Waals surface area contributed by atoms with Gasteiger partial charge < -0.3 is 19.2 Å². The van der Waals surface area contributed by atoms with Gasteiger partial charge in [0.1, 0.15) is 17.4 Å². The lowest BCUT2D eigenvalue weighted by Crippen LogP contribution is -2.21. The minimum absolute atomic E-state index is 0.0265. The molecular formula is C24H25NO6S. The van der Waals surface area contributed by atoms with E-state index in [4.69, 9.17) is 13.9 Å². The van der Waals surface area contributed by atoms with Crippen molar-refractivity contribution in [1.29, 1.82) is 0 Å². The number of benzene rings is 2. The minimum atomic E-state index is -0.607. The van der Waals surface area contributed by atoms with Crippen LogP contribution < -0.4 is 5.32 Å². The number of anilines is 1. The summed E-state index contributed by atoms with van der Waals surface area (Å²) in [6.07, 6.45) is 0. The van der Waals surface area contributed by atoms with Crippen LogP contribution in [0.5, 0.6) is 0 Å². The second-order valence-electron chi connectivity index (χ2n) is 7.10. The number of hydrogen-bond donors (Lipinski definition) is 1. The number of thioether (sulfide) groups is 1. The Balaban J connectivity index is 1.57. The molecule has 168 valence electrons. The molecule has 1 atom stereocenters. The van der Waals surface area contributed by atoms with Gasteiger partial charge in [-0.2, -0.15) is 0 Å². The van der Waals surface area contributed by atoms with E-state index in [0.717, 1.165) is 5.56 Å². The molecular weight excluding hydrogens is 430 g/mol. The molecule has 0 fully saturated rings. The summed E-state index contributed by atoms with van der Waals surface area (Å²) in [4.78, 5) is 36.9. The summed E-state index contributed by atoms with van der Waals surface area (Å²) < 4.78 is 16.1. The van der Waals surface area contributed by atoms with Crippen LogP contribution in [0.15, 0.2) is 52.9 Å². The Bertz CT molecular complexity index is 1110. The van der Waals surface area contributed by atoms with E-state index in [1.165, 1.54) is 11.8 Å². The average Bonchev–Trinajstić information content (AvgIpc) is 3.16. The summed E-state index contributed by atoms with van der Waals surface area (Å²) in [6.45, 7) is 5.41. The van der Waals surface area contributed by atoms with Crippen LogP contribution in [0.3, 0.4) is 0 Å². The molecule has 32 heavy (non-hydrogen) atoms. The maximum atomic E-state index is 12.5. The predicted octanol–water partition coefficient (Wildman–Crippen LogP) is 4.72. The topological polar surface area (TPSA) is 94.8 Å². The van der Waals surface area contributed by atoms with Gasteiger partial charge in [0.25, 0.3) is 0 Å². The summed E-state index contributed by atoms with van der Waals surface area (Å²) in [7, 11) is 0. The van der Waals surface area contributed by atoms with Crippen LogP contribution in [0.4, 0.5) is 5.69 Å². The van der Waals surface area contributed by atoms with Crippen LogP contribution in [0.1, 0.15) is 35.5 Å². The van der Waals surface area contributed by atoms with Crippen molar-refractivity contribution in [1.82, 2.24) is 0 Å². The SMILES string of the molecule is CCOC(=O)c1oc2ccccc2c1COC(=O)[C@@H](C)SCC(=O)Nc1ccc(C)cc1. The summed E-state index contributed by atoms with van der Waals surface area (Å²) in [5, 5.41) is 2.91. The smallest absolute Gasteiger partial charge is 0.374 e. The first-order valence-corrected chi connectivity index (χ1v) is 11.3. The monoisotopic (exact) mass is 455 g/mol. The normalized spacial score (nSPS) is 11.7. The van der Waals surface area contributed by atoms with Gasteiger partial charge in [-0.15, -0.1) is 11.8 Å². The minimum Gasteiger partial charge on any atom is -0.460 e.